The van der Waals surface area contributed by atoms with Crippen molar-refractivity contribution in [2.75, 3.05) is 13.1 Å². The minimum absolute atomic E-state index is 0.00884. The van der Waals surface area contributed by atoms with Gasteiger partial charge in [-0.2, -0.15) is 0 Å². The van der Waals surface area contributed by atoms with Crippen molar-refractivity contribution >= 4 is 22.9 Å². The number of H-pyrrole nitrogens is 1. The lowest BCUT2D eigenvalue weighted by molar-refractivity contribution is 0.0290. The molecule has 1 fully saturated rings. The predicted octanol–water partition coefficient (Wildman–Crippen LogP) is 2.76. The molecule has 1 aliphatic heterocycles. The number of aromatic amines is 1. The first-order valence-corrected chi connectivity index (χ1v) is 11.4. The quantitative estimate of drug-likeness (QED) is 0.572. The summed E-state index contributed by atoms with van der Waals surface area (Å²) < 4.78 is 34.7. The number of fused-ring (bicyclic) bond motifs is 1. The first-order chi connectivity index (χ1) is 16.9. The van der Waals surface area contributed by atoms with Crippen LogP contribution in [-0.2, 0) is 11.3 Å². The number of likely N-dealkylation sites (tertiary alicyclic amines) is 1. The fraction of sp³-hybridized carbons (Fsp3) is 0.360. The topological polar surface area (TPSA) is 114 Å². The number of amides is 2. The largest absolute Gasteiger partial charge is 0.444 e. The monoisotopic (exact) mass is 500 g/mol. The van der Waals surface area contributed by atoms with Crippen molar-refractivity contribution in [3.8, 4) is 0 Å². The summed E-state index contributed by atoms with van der Waals surface area (Å²) in [7, 11) is 0. The number of carbonyl (C=O) groups excluding carboxylic acids is 2. The molecule has 1 saturated heterocycles. The van der Waals surface area contributed by atoms with Gasteiger partial charge in [0.1, 0.15) is 17.2 Å². The Morgan fingerprint density at radius 3 is 2.61 bits per heavy atom. The number of carbonyl (C=O) groups is 2. The zero-order valence-electron chi connectivity index (χ0n) is 20.1. The van der Waals surface area contributed by atoms with Crippen LogP contribution in [-0.4, -0.2) is 51.2 Å². The highest BCUT2D eigenvalue weighted by Crippen LogP contribution is 2.18. The van der Waals surface area contributed by atoms with Crippen molar-refractivity contribution in [2.45, 2.75) is 45.4 Å². The first kappa shape index (κ1) is 25.1. The molecule has 2 N–H and O–H groups in total. The molecule has 3 aromatic rings. The Hall–Kier alpha value is -4.02. The molecule has 1 aromatic heterocycles. The second-order valence-electron chi connectivity index (χ2n) is 9.71. The number of halogens is 2. The standard InChI is InChI=1S/C25H26F2N4O5/c1-25(2,3)36-24(35)30-9-8-16(13-30)28-21(32)17-10-14(4-6-19(17)27)12-31-20-7-5-15(26)11-18(20)22(33)29-23(31)34/h4-7,10-11,16H,8-9,12-13H2,1-3H3,(H,28,32)(H,29,33,34). The third-order valence-electron chi connectivity index (χ3n) is 5.75. The van der Waals surface area contributed by atoms with Gasteiger partial charge in [-0.1, -0.05) is 6.07 Å². The van der Waals surface area contributed by atoms with Crippen LogP contribution in [0.1, 0.15) is 43.1 Å². The zero-order valence-corrected chi connectivity index (χ0v) is 20.1. The molecule has 1 atom stereocenters. The van der Waals surface area contributed by atoms with Crippen LogP contribution >= 0.6 is 0 Å². The van der Waals surface area contributed by atoms with Crippen LogP contribution in [0.2, 0.25) is 0 Å². The summed E-state index contributed by atoms with van der Waals surface area (Å²) >= 11 is 0. The average molecular weight is 501 g/mol. The molecule has 0 saturated carbocycles. The Morgan fingerprint density at radius 1 is 1.14 bits per heavy atom. The molecular formula is C25H26F2N4O5. The molecule has 4 rings (SSSR count). The van der Waals surface area contributed by atoms with Crippen LogP contribution in [0.5, 0.6) is 0 Å². The number of nitrogens with one attached hydrogen (secondary N) is 2. The molecule has 0 aliphatic carbocycles. The Labute approximate surface area is 204 Å². The average Bonchev–Trinajstić information content (AvgIpc) is 3.25. The molecule has 1 aliphatic rings. The third-order valence-corrected chi connectivity index (χ3v) is 5.75. The summed E-state index contributed by atoms with van der Waals surface area (Å²) in [6, 6.07) is 6.93. The highest BCUT2D eigenvalue weighted by Gasteiger charge is 2.31. The van der Waals surface area contributed by atoms with Gasteiger partial charge in [-0.05, 0) is 63.1 Å². The van der Waals surface area contributed by atoms with Gasteiger partial charge in [0.25, 0.3) is 11.5 Å². The molecule has 2 heterocycles. The SMILES string of the molecule is CC(C)(C)OC(=O)N1CCC(NC(=O)c2cc(Cn3c(=O)[nH]c(=O)c4cc(F)ccc43)ccc2F)C1. The van der Waals surface area contributed by atoms with Gasteiger partial charge in [0.05, 0.1) is 23.0 Å². The number of ether oxygens (including phenoxy) is 1. The van der Waals surface area contributed by atoms with Crippen molar-refractivity contribution in [3.63, 3.8) is 0 Å². The van der Waals surface area contributed by atoms with E-state index in [2.05, 4.69) is 10.3 Å². The maximum Gasteiger partial charge on any atom is 0.410 e. The van der Waals surface area contributed by atoms with E-state index in [9.17, 15) is 28.0 Å². The molecule has 9 nitrogen and oxygen atoms in total. The van der Waals surface area contributed by atoms with Crippen LogP contribution in [0.15, 0.2) is 46.0 Å². The van der Waals surface area contributed by atoms with E-state index in [0.717, 1.165) is 18.2 Å². The van der Waals surface area contributed by atoms with E-state index in [1.807, 2.05) is 0 Å². The highest BCUT2D eigenvalue weighted by molar-refractivity contribution is 5.95. The fourth-order valence-electron chi connectivity index (χ4n) is 4.08. The Balaban J connectivity index is 1.52. The molecule has 190 valence electrons. The molecule has 2 amide bonds. The van der Waals surface area contributed by atoms with E-state index < -0.39 is 40.5 Å². The highest BCUT2D eigenvalue weighted by atomic mass is 19.1. The van der Waals surface area contributed by atoms with Crippen molar-refractivity contribution < 1.29 is 23.1 Å². The van der Waals surface area contributed by atoms with E-state index in [1.54, 1.807) is 20.8 Å². The Kier molecular flexibility index (Phi) is 6.66. The van der Waals surface area contributed by atoms with Crippen LogP contribution in [0, 0.1) is 11.6 Å². The molecule has 36 heavy (non-hydrogen) atoms. The summed E-state index contributed by atoms with van der Waals surface area (Å²) in [5.41, 5.74) is -1.69. The maximum absolute atomic E-state index is 14.6. The first-order valence-electron chi connectivity index (χ1n) is 11.4. The summed E-state index contributed by atoms with van der Waals surface area (Å²) in [6.45, 7) is 5.82. The molecule has 2 aromatic carbocycles. The maximum atomic E-state index is 14.6. The lowest BCUT2D eigenvalue weighted by Gasteiger charge is -2.24. The number of hydrogen-bond donors (Lipinski definition) is 2. The molecule has 0 bridgehead atoms. The second kappa shape index (κ2) is 9.56. The van der Waals surface area contributed by atoms with Crippen LogP contribution in [0.3, 0.4) is 0 Å². The van der Waals surface area contributed by atoms with Gasteiger partial charge >= 0.3 is 11.8 Å². The van der Waals surface area contributed by atoms with Gasteiger partial charge in [-0.25, -0.2) is 18.4 Å². The summed E-state index contributed by atoms with van der Waals surface area (Å²) in [5.74, 6) is -2.04. The molecule has 0 spiro atoms. The molecule has 1 unspecified atom stereocenters. The van der Waals surface area contributed by atoms with E-state index >= 15 is 0 Å². The number of hydrogen-bond acceptors (Lipinski definition) is 5. The Morgan fingerprint density at radius 2 is 1.89 bits per heavy atom. The molecule has 0 radical (unpaired) electrons. The van der Waals surface area contributed by atoms with E-state index in [0.29, 0.717) is 18.5 Å². The number of rotatable bonds is 4. The van der Waals surface area contributed by atoms with Crippen molar-refractivity contribution in [1.29, 1.82) is 0 Å². The lowest BCUT2D eigenvalue weighted by Crippen LogP contribution is -2.40. The third kappa shape index (κ3) is 5.45. The van der Waals surface area contributed by atoms with E-state index in [4.69, 9.17) is 4.74 Å². The lowest BCUT2D eigenvalue weighted by atomic mass is 10.1. The predicted molar refractivity (Wildman–Crippen MR) is 128 cm³/mol. The van der Waals surface area contributed by atoms with E-state index in [1.165, 1.54) is 27.7 Å². The van der Waals surface area contributed by atoms with Crippen molar-refractivity contribution in [1.82, 2.24) is 19.8 Å². The summed E-state index contributed by atoms with van der Waals surface area (Å²) in [5, 5.41) is 2.73. The zero-order chi connectivity index (χ0) is 26.2. The van der Waals surface area contributed by atoms with Gasteiger partial charge in [0.2, 0.25) is 0 Å². The van der Waals surface area contributed by atoms with Gasteiger partial charge in [0, 0.05) is 19.1 Å². The Bertz CT molecular complexity index is 1460. The summed E-state index contributed by atoms with van der Waals surface area (Å²) in [4.78, 5) is 53.3. The van der Waals surface area contributed by atoms with Crippen LogP contribution < -0.4 is 16.6 Å². The summed E-state index contributed by atoms with van der Waals surface area (Å²) in [6.07, 6.45) is 0.00704. The minimum Gasteiger partial charge on any atom is -0.444 e. The van der Waals surface area contributed by atoms with Gasteiger partial charge in [0.15, 0.2) is 0 Å². The fourth-order valence-corrected chi connectivity index (χ4v) is 4.08. The van der Waals surface area contributed by atoms with Crippen molar-refractivity contribution in [3.05, 3.63) is 80.0 Å². The van der Waals surface area contributed by atoms with Crippen LogP contribution in [0.4, 0.5) is 13.6 Å². The van der Waals surface area contributed by atoms with Gasteiger partial charge in [-0.15, -0.1) is 0 Å². The van der Waals surface area contributed by atoms with Gasteiger partial charge in [-0.3, -0.25) is 19.1 Å². The van der Waals surface area contributed by atoms with Crippen molar-refractivity contribution in [2.24, 2.45) is 0 Å². The number of aromatic nitrogens is 2. The molecule has 11 heteroatoms. The van der Waals surface area contributed by atoms with Crippen LogP contribution in [0.25, 0.3) is 10.9 Å². The number of nitrogens with zero attached hydrogens (tertiary/aromatic N) is 2. The van der Waals surface area contributed by atoms with Gasteiger partial charge < -0.3 is 15.0 Å². The normalized spacial score (nSPS) is 15.8. The van der Waals surface area contributed by atoms with E-state index in [-0.39, 0.29) is 35.6 Å². The minimum atomic E-state index is -0.751. The smallest absolute Gasteiger partial charge is 0.410 e. The molecular weight excluding hydrogens is 474 g/mol. The number of benzene rings is 2. The second-order valence-corrected chi connectivity index (χ2v) is 9.71.